The lowest BCUT2D eigenvalue weighted by Crippen LogP contribution is -2.29. The molecule has 18 heavy (non-hydrogen) atoms. The zero-order valence-corrected chi connectivity index (χ0v) is 10.9. The van der Waals surface area contributed by atoms with Crippen LogP contribution in [0.15, 0.2) is 30.3 Å². The van der Waals surface area contributed by atoms with E-state index in [2.05, 4.69) is 11.4 Å². The Balaban J connectivity index is 2.42. The second-order valence-electron chi connectivity index (χ2n) is 4.28. The number of amides is 1. The Kier molecular flexibility index (Phi) is 6.56. The van der Waals surface area contributed by atoms with Crippen molar-refractivity contribution in [2.45, 2.75) is 38.5 Å². The van der Waals surface area contributed by atoms with Gasteiger partial charge in [-0.1, -0.05) is 37.3 Å². The molecular weight excluding hydrogens is 224 g/mol. The maximum atomic E-state index is 12.0. The average molecular weight is 244 g/mol. The van der Waals surface area contributed by atoms with Crippen molar-refractivity contribution in [1.82, 2.24) is 5.32 Å². The molecule has 0 bridgehead atoms. The summed E-state index contributed by atoms with van der Waals surface area (Å²) in [6, 6.07) is 11.9. The Bertz CT molecular complexity index is 395. The molecule has 0 radical (unpaired) electrons. The van der Waals surface area contributed by atoms with Crippen LogP contribution in [0, 0.1) is 11.3 Å². The van der Waals surface area contributed by atoms with Gasteiger partial charge in [-0.2, -0.15) is 5.26 Å². The molecule has 0 heterocycles. The van der Waals surface area contributed by atoms with Crippen LogP contribution in [0.1, 0.15) is 44.1 Å². The summed E-state index contributed by atoms with van der Waals surface area (Å²) in [7, 11) is 0. The molecule has 0 spiro atoms. The van der Waals surface area contributed by atoms with Gasteiger partial charge in [-0.3, -0.25) is 4.79 Å². The summed E-state index contributed by atoms with van der Waals surface area (Å²) in [5, 5.41) is 11.4. The van der Waals surface area contributed by atoms with Crippen molar-refractivity contribution in [3.8, 4) is 6.07 Å². The predicted octanol–water partition coefficient (Wildman–Crippen LogP) is 2.99. The molecule has 1 amide bonds. The number of unbranched alkanes of at least 4 members (excludes halogenated alkanes) is 2. The Labute approximate surface area is 109 Å². The van der Waals surface area contributed by atoms with Crippen LogP contribution in [0.25, 0.3) is 0 Å². The highest BCUT2D eigenvalue weighted by molar-refractivity contribution is 5.83. The molecule has 1 aromatic carbocycles. The maximum absolute atomic E-state index is 12.0. The molecule has 1 N–H and O–H groups in total. The number of benzene rings is 1. The summed E-state index contributed by atoms with van der Waals surface area (Å²) in [5.74, 6) is 0.0165. The molecule has 0 saturated carbocycles. The number of rotatable bonds is 7. The van der Waals surface area contributed by atoms with E-state index in [0.29, 0.717) is 13.0 Å². The van der Waals surface area contributed by atoms with E-state index in [4.69, 9.17) is 5.26 Å². The number of nitrogens with zero attached hydrogens (tertiary/aromatic N) is 1. The van der Waals surface area contributed by atoms with Gasteiger partial charge in [0.15, 0.2) is 0 Å². The lowest BCUT2D eigenvalue weighted by Gasteiger charge is -2.15. The normalized spacial score (nSPS) is 11.6. The van der Waals surface area contributed by atoms with E-state index in [-0.39, 0.29) is 11.8 Å². The van der Waals surface area contributed by atoms with E-state index in [9.17, 15) is 4.79 Å². The second kappa shape index (κ2) is 8.30. The highest BCUT2D eigenvalue weighted by Gasteiger charge is 2.17. The SMILES string of the molecule is CCC(C(=O)NCCCCC#N)c1ccccc1. The van der Waals surface area contributed by atoms with Crippen molar-refractivity contribution in [1.29, 1.82) is 5.26 Å². The van der Waals surface area contributed by atoms with Crippen molar-refractivity contribution < 1.29 is 4.79 Å². The predicted molar refractivity (Wildman–Crippen MR) is 71.9 cm³/mol. The van der Waals surface area contributed by atoms with Crippen molar-refractivity contribution in [3.63, 3.8) is 0 Å². The van der Waals surface area contributed by atoms with Crippen molar-refractivity contribution >= 4 is 5.91 Å². The molecule has 1 rings (SSSR count). The Morgan fingerprint density at radius 2 is 2.06 bits per heavy atom. The molecule has 3 nitrogen and oxygen atoms in total. The molecule has 0 aliphatic rings. The van der Waals surface area contributed by atoms with Crippen LogP contribution in [-0.2, 0) is 4.79 Å². The summed E-state index contributed by atoms with van der Waals surface area (Å²) in [6.45, 7) is 2.68. The first-order valence-corrected chi connectivity index (χ1v) is 6.49. The molecule has 0 aliphatic carbocycles. The molecule has 96 valence electrons. The quantitative estimate of drug-likeness (QED) is 0.750. The molecule has 0 fully saturated rings. The number of carbonyl (C=O) groups is 1. The third-order valence-corrected chi connectivity index (χ3v) is 2.94. The number of hydrogen-bond donors (Lipinski definition) is 1. The van der Waals surface area contributed by atoms with E-state index in [1.807, 2.05) is 37.3 Å². The van der Waals surface area contributed by atoms with Gasteiger partial charge in [0.05, 0.1) is 12.0 Å². The lowest BCUT2D eigenvalue weighted by molar-refractivity contribution is -0.122. The largest absolute Gasteiger partial charge is 0.356 e. The Hall–Kier alpha value is -1.82. The maximum Gasteiger partial charge on any atom is 0.227 e. The molecule has 0 aromatic heterocycles. The highest BCUT2D eigenvalue weighted by Crippen LogP contribution is 2.19. The number of nitriles is 1. The van der Waals surface area contributed by atoms with Gasteiger partial charge in [-0.25, -0.2) is 0 Å². The van der Waals surface area contributed by atoms with Gasteiger partial charge >= 0.3 is 0 Å². The van der Waals surface area contributed by atoms with E-state index >= 15 is 0 Å². The molecular formula is C15H20N2O. The third-order valence-electron chi connectivity index (χ3n) is 2.94. The molecule has 0 aliphatic heterocycles. The van der Waals surface area contributed by atoms with Crippen molar-refractivity contribution in [3.05, 3.63) is 35.9 Å². The van der Waals surface area contributed by atoms with Gasteiger partial charge in [0.2, 0.25) is 5.91 Å². The van der Waals surface area contributed by atoms with E-state index in [1.165, 1.54) is 0 Å². The van der Waals surface area contributed by atoms with Crippen LogP contribution in [-0.4, -0.2) is 12.5 Å². The number of carbonyl (C=O) groups excluding carboxylic acids is 1. The fourth-order valence-electron chi connectivity index (χ4n) is 1.92. The zero-order chi connectivity index (χ0) is 13.2. The average Bonchev–Trinajstić information content (AvgIpc) is 2.40. The van der Waals surface area contributed by atoms with Gasteiger partial charge in [0.25, 0.3) is 0 Å². The first-order chi connectivity index (χ1) is 8.79. The smallest absolute Gasteiger partial charge is 0.227 e. The van der Waals surface area contributed by atoms with Crippen LogP contribution in [0.3, 0.4) is 0 Å². The minimum Gasteiger partial charge on any atom is -0.356 e. The Morgan fingerprint density at radius 1 is 1.33 bits per heavy atom. The van der Waals surface area contributed by atoms with E-state index in [1.54, 1.807) is 0 Å². The minimum absolute atomic E-state index is 0.0674. The number of nitrogens with one attached hydrogen (secondary N) is 1. The molecule has 1 atom stereocenters. The van der Waals surface area contributed by atoms with Crippen LogP contribution >= 0.6 is 0 Å². The van der Waals surface area contributed by atoms with Crippen LogP contribution in [0.2, 0.25) is 0 Å². The van der Waals surface area contributed by atoms with E-state index < -0.39 is 0 Å². The number of hydrogen-bond acceptors (Lipinski definition) is 2. The summed E-state index contributed by atoms with van der Waals surface area (Å²) in [5.41, 5.74) is 1.06. The lowest BCUT2D eigenvalue weighted by atomic mass is 9.95. The van der Waals surface area contributed by atoms with Crippen LogP contribution in [0.4, 0.5) is 0 Å². The fourth-order valence-corrected chi connectivity index (χ4v) is 1.92. The first-order valence-electron chi connectivity index (χ1n) is 6.49. The second-order valence-corrected chi connectivity index (χ2v) is 4.28. The molecule has 1 unspecified atom stereocenters. The summed E-state index contributed by atoms with van der Waals surface area (Å²) in [4.78, 5) is 12.0. The molecule has 0 saturated heterocycles. The summed E-state index contributed by atoms with van der Waals surface area (Å²) in [6.07, 6.45) is 3.07. The first kappa shape index (κ1) is 14.2. The van der Waals surface area contributed by atoms with Gasteiger partial charge in [0.1, 0.15) is 0 Å². The monoisotopic (exact) mass is 244 g/mol. The minimum atomic E-state index is -0.0674. The highest BCUT2D eigenvalue weighted by atomic mass is 16.1. The Morgan fingerprint density at radius 3 is 2.67 bits per heavy atom. The summed E-state index contributed by atoms with van der Waals surface area (Å²) < 4.78 is 0. The molecule has 3 heteroatoms. The standard InChI is InChI=1S/C15H20N2O/c1-2-14(13-9-5-3-6-10-13)15(18)17-12-8-4-7-11-16/h3,5-6,9-10,14H,2,4,7-8,12H2,1H3,(H,17,18). The molecule has 1 aromatic rings. The van der Waals surface area contributed by atoms with Crippen LogP contribution in [0.5, 0.6) is 0 Å². The van der Waals surface area contributed by atoms with Gasteiger partial charge in [-0.05, 0) is 24.8 Å². The van der Waals surface area contributed by atoms with Gasteiger partial charge in [0, 0.05) is 13.0 Å². The van der Waals surface area contributed by atoms with Gasteiger partial charge in [-0.15, -0.1) is 0 Å². The van der Waals surface area contributed by atoms with Crippen molar-refractivity contribution in [2.75, 3.05) is 6.54 Å². The summed E-state index contributed by atoms with van der Waals surface area (Å²) >= 11 is 0. The fraction of sp³-hybridized carbons (Fsp3) is 0.467. The van der Waals surface area contributed by atoms with E-state index in [0.717, 1.165) is 24.8 Å². The van der Waals surface area contributed by atoms with Gasteiger partial charge < -0.3 is 5.32 Å². The topological polar surface area (TPSA) is 52.9 Å². The zero-order valence-electron chi connectivity index (χ0n) is 10.9. The third kappa shape index (κ3) is 4.58. The van der Waals surface area contributed by atoms with Crippen LogP contribution < -0.4 is 5.32 Å². The van der Waals surface area contributed by atoms with Crippen molar-refractivity contribution in [2.24, 2.45) is 0 Å².